The third-order valence-electron chi connectivity index (χ3n) is 3.39. The summed E-state index contributed by atoms with van der Waals surface area (Å²) in [5.41, 5.74) is 1.37. The fraction of sp³-hybridized carbons (Fsp3) is 0.533. The Kier molecular flexibility index (Phi) is 7.53. The molecule has 1 aliphatic heterocycles. The van der Waals surface area contributed by atoms with E-state index < -0.39 is 0 Å². The van der Waals surface area contributed by atoms with Crippen molar-refractivity contribution in [1.29, 1.82) is 0 Å². The van der Waals surface area contributed by atoms with Crippen molar-refractivity contribution >= 4 is 18.3 Å². The van der Waals surface area contributed by atoms with Gasteiger partial charge in [0, 0.05) is 19.5 Å². The number of hydrogen-bond donors (Lipinski definition) is 1. The minimum Gasteiger partial charge on any atom is -0.343 e. The van der Waals surface area contributed by atoms with E-state index in [9.17, 15) is 4.79 Å². The minimum absolute atomic E-state index is 0. The predicted molar refractivity (Wildman–Crippen MR) is 80.7 cm³/mol. The van der Waals surface area contributed by atoms with Crippen molar-refractivity contribution in [3.05, 3.63) is 35.9 Å². The topological polar surface area (TPSA) is 32.3 Å². The number of amides is 1. The van der Waals surface area contributed by atoms with Crippen LogP contribution in [0.2, 0.25) is 0 Å². The van der Waals surface area contributed by atoms with Crippen LogP contribution in [0.4, 0.5) is 0 Å². The van der Waals surface area contributed by atoms with Crippen LogP contribution in [-0.2, 0) is 11.2 Å². The number of hydrogen-bond acceptors (Lipinski definition) is 2. The van der Waals surface area contributed by atoms with E-state index in [-0.39, 0.29) is 12.4 Å². The number of benzene rings is 1. The molecule has 1 aliphatic rings. The number of carbonyl (C=O) groups is 1. The average molecular weight is 283 g/mol. The van der Waals surface area contributed by atoms with Crippen LogP contribution in [0, 0.1) is 0 Å². The van der Waals surface area contributed by atoms with Gasteiger partial charge in [0.2, 0.25) is 5.91 Å². The zero-order valence-electron chi connectivity index (χ0n) is 11.3. The Morgan fingerprint density at radius 1 is 1.16 bits per heavy atom. The van der Waals surface area contributed by atoms with Gasteiger partial charge in [-0.25, -0.2) is 0 Å². The summed E-state index contributed by atoms with van der Waals surface area (Å²) >= 11 is 0. The molecule has 1 fully saturated rings. The molecular formula is C15H23ClN2O. The lowest BCUT2D eigenvalue weighted by Crippen LogP contribution is -2.28. The summed E-state index contributed by atoms with van der Waals surface area (Å²) in [6.45, 7) is 3.88. The van der Waals surface area contributed by atoms with Gasteiger partial charge < -0.3 is 10.2 Å². The van der Waals surface area contributed by atoms with Gasteiger partial charge in [-0.3, -0.25) is 4.79 Å². The molecule has 0 aliphatic carbocycles. The average Bonchev–Trinajstić information content (AvgIpc) is 2.81. The SMILES string of the molecule is Cl.O=C1CCCN1CCCNCCc1ccccc1. The number of carbonyl (C=O) groups excluding carboxylic acids is 1. The largest absolute Gasteiger partial charge is 0.343 e. The molecule has 0 unspecified atom stereocenters. The van der Waals surface area contributed by atoms with Gasteiger partial charge in [-0.05, 0) is 37.9 Å². The van der Waals surface area contributed by atoms with Crippen molar-refractivity contribution < 1.29 is 4.79 Å². The number of rotatable bonds is 7. The maximum Gasteiger partial charge on any atom is 0.222 e. The predicted octanol–water partition coefficient (Wildman–Crippen LogP) is 2.25. The van der Waals surface area contributed by atoms with E-state index in [1.54, 1.807) is 0 Å². The molecule has 1 heterocycles. The van der Waals surface area contributed by atoms with Gasteiger partial charge in [0.05, 0.1) is 0 Å². The molecule has 1 amide bonds. The van der Waals surface area contributed by atoms with Gasteiger partial charge in [-0.15, -0.1) is 12.4 Å². The van der Waals surface area contributed by atoms with Gasteiger partial charge >= 0.3 is 0 Å². The molecular weight excluding hydrogens is 260 g/mol. The van der Waals surface area contributed by atoms with Gasteiger partial charge in [-0.2, -0.15) is 0 Å². The highest BCUT2D eigenvalue weighted by Crippen LogP contribution is 2.09. The first-order valence-electron chi connectivity index (χ1n) is 6.89. The molecule has 1 saturated heterocycles. The zero-order valence-corrected chi connectivity index (χ0v) is 12.1. The first-order chi connectivity index (χ1) is 8.86. The number of nitrogens with one attached hydrogen (secondary N) is 1. The van der Waals surface area contributed by atoms with Crippen LogP contribution in [0.25, 0.3) is 0 Å². The standard InChI is InChI=1S/C15H22N2O.ClH/c18-15-8-4-12-17(15)13-5-10-16-11-9-14-6-2-1-3-7-14;/h1-3,6-7,16H,4-5,8-13H2;1H. The van der Waals surface area contributed by atoms with E-state index in [0.29, 0.717) is 5.91 Å². The normalized spacial score (nSPS) is 14.5. The zero-order chi connectivity index (χ0) is 12.6. The van der Waals surface area contributed by atoms with Crippen LogP contribution in [-0.4, -0.2) is 37.0 Å². The summed E-state index contributed by atoms with van der Waals surface area (Å²) in [5.74, 6) is 0.333. The van der Waals surface area contributed by atoms with E-state index in [4.69, 9.17) is 0 Å². The van der Waals surface area contributed by atoms with Crippen LogP contribution in [0.15, 0.2) is 30.3 Å². The molecule has 0 radical (unpaired) electrons. The summed E-state index contributed by atoms with van der Waals surface area (Å²) in [6.07, 6.45) is 3.92. The Morgan fingerprint density at radius 3 is 2.63 bits per heavy atom. The fourth-order valence-electron chi connectivity index (χ4n) is 2.34. The maximum absolute atomic E-state index is 11.4. The van der Waals surface area contributed by atoms with Crippen molar-refractivity contribution in [1.82, 2.24) is 10.2 Å². The molecule has 19 heavy (non-hydrogen) atoms. The molecule has 3 nitrogen and oxygen atoms in total. The summed E-state index contributed by atoms with van der Waals surface area (Å²) in [6, 6.07) is 10.5. The van der Waals surface area contributed by atoms with Crippen molar-refractivity contribution in [3.63, 3.8) is 0 Å². The first-order valence-corrected chi connectivity index (χ1v) is 6.89. The van der Waals surface area contributed by atoms with Crippen LogP contribution in [0.5, 0.6) is 0 Å². The van der Waals surface area contributed by atoms with Gasteiger partial charge in [0.1, 0.15) is 0 Å². The number of nitrogens with zero attached hydrogens (tertiary/aromatic N) is 1. The molecule has 0 atom stereocenters. The van der Waals surface area contributed by atoms with Crippen LogP contribution < -0.4 is 5.32 Å². The molecule has 2 rings (SSSR count). The van der Waals surface area contributed by atoms with E-state index in [2.05, 4.69) is 29.6 Å². The van der Waals surface area contributed by atoms with E-state index in [1.807, 2.05) is 11.0 Å². The van der Waals surface area contributed by atoms with Gasteiger partial charge in [0.25, 0.3) is 0 Å². The molecule has 1 aromatic rings. The van der Waals surface area contributed by atoms with Gasteiger partial charge in [0.15, 0.2) is 0 Å². The Bertz CT molecular complexity index is 370. The quantitative estimate of drug-likeness (QED) is 0.778. The monoisotopic (exact) mass is 282 g/mol. The Morgan fingerprint density at radius 2 is 1.95 bits per heavy atom. The fourth-order valence-corrected chi connectivity index (χ4v) is 2.34. The molecule has 1 aromatic carbocycles. The van der Waals surface area contributed by atoms with E-state index in [0.717, 1.165) is 51.9 Å². The summed E-state index contributed by atoms with van der Waals surface area (Å²) < 4.78 is 0. The molecule has 1 N–H and O–H groups in total. The number of likely N-dealkylation sites (tertiary alicyclic amines) is 1. The van der Waals surface area contributed by atoms with Crippen LogP contribution in [0.1, 0.15) is 24.8 Å². The van der Waals surface area contributed by atoms with Crippen molar-refractivity contribution in [2.75, 3.05) is 26.2 Å². The second-order valence-corrected chi connectivity index (χ2v) is 4.82. The Balaban J connectivity index is 0.00000180. The molecule has 0 bridgehead atoms. The summed E-state index contributed by atoms with van der Waals surface area (Å²) in [5, 5.41) is 3.43. The van der Waals surface area contributed by atoms with Crippen molar-refractivity contribution in [2.24, 2.45) is 0 Å². The Hall–Kier alpha value is -1.06. The highest BCUT2D eigenvalue weighted by Gasteiger charge is 2.18. The molecule has 106 valence electrons. The van der Waals surface area contributed by atoms with Crippen LogP contribution >= 0.6 is 12.4 Å². The lowest BCUT2D eigenvalue weighted by atomic mass is 10.1. The lowest BCUT2D eigenvalue weighted by molar-refractivity contribution is -0.127. The first kappa shape index (κ1) is 16.0. The third kappa shape index (κ3) is 5.62. The molecule has 0 aromatic heterocycles. The molecule has 0 saturated carbocycles. The summed E-state index contributed by atoms with van der Waals surface area (Å²) in [4.78, 5) is 13.4. The highest BCUT2D eigenvalue weighted by molar-refractivity contribution is 5.85. The molecule has 4 heteroatoms. The summed E-state index contributed by atoms with van der Waals surface area (Å²) in [7, 11) is 0. The third-order valence-corrected chi connectivity index (χ3v) is 3.39. The smallest absolute Gasteiger partial charge is 0.222 e. The number of halogens is 1. The highest BCUT2D eigenvalue weighted by atomic mass is 35.5. The van der Waals surface area contributed by atoms with Crippen molar-refractivity contribution in [2.45, 2.75) is 25.7 Å². The molecule has 0 spiro atoms. The minimum atomic E-state index is 0. The lowest BCUT2D eigenvalue weighted by Gasteiger charge is -2.15. The van der Waals surface area contributed by atoms with E-state index >= 15 is 0 Å². The van der Waals surface area contributed by atoms with E-state index in [1.165, 1.54) is 5.56 Å². The van der Waals surface area contributed by atoms with Gasteiger partial charge in [-0.1, -0.05) is 30.3 Å². The second-order valence-electron chi connectivity index (χ2n) is 4.82. The second kappa shape index (κ2) is 8.94. The maximum atomic E-state index is 11.4. The van der Waals surface area contributed by atoms with Crippen molar-refractivity contribution in [3.8, 4) is 0 Å². The van der Waals surface area contributed by atoms with Crippen LogP contribution in [0.3, 0.4) is 0 Å². The Labute approximate surface area is 121 Å².